The lowest BCUT2D eigenvalue weighted by atomic mass is 9.96. The number of anilines is 1. The first-order valence-corrected chi connectivity index (χ1v) is 10.5. The lowest BCUT2D eigenvalue weighted by Crippen LogP contribution is -2.03. The molecule has 5 rings (SSSR count). The molecule has 0 unspecified atom stereocenters. The van der Waals surface area contributed by atoms with Gasteiger partial charge in [-0.05, 0) is 59.7 Å². The molecule has 0 aliphatic heterocycles. The van der Waals surface area contributed by atoms with E-state index in [0.717, 1.165) is 12.1 Å². The van der Waals surface area contributed by atoms with E-state index < -0.39 is 17.6 Å². The number of aromatic nitrogens is 1. The Labute approximate surface area is 197 Å². The van der Waals surface area contributed by atoms with Crippen molar-refractivity contribution in [2.45, 2.75) is 6.18 Å². The van der Waals surface area contributed by atoms with E-state index in [2.05, 4.69) is 4.98 Å². The van der Waals surface area contributed by atoms with Gasteiger partial charge in [0.1, 0.15) is 17.1 Å². The standard InChI is InChI=1S/C27H18F4N2O2/c1-34-25-14-22(28)20(16-5-3-7-19(32)11-16)13-21(25)15-4-2-6-17(10-15)26-33-23-12-18(27(29,30)31)8-9-24(23)35-26/h2-14H,32H2,1H3. The van der Waals surface area contributed by atoms with Gasteiger partial charge in [0.05, 0.1) is 12.7 Å². The van der Waals surface area contributed by atoms with Crippen molar-refractivity contribution in [3.8, 4) is 39.5 Å². The summed E-state index contributed by atoms with van der Waals surface area (Å²) in [5.41, 5.74) is 8.72. The molecule has 0 atom stereocenters. The maximum absolute atomic E-state index is 14.9. The monoisotopic (exact) mass is 478 g/mol. The number of methoxy groups -OCH3 is 1. The first-order chi connectivity index (χ1) is 16.7. The summed E-state index contributed by atoms with van der Waals surface area (Å²) in [6.45, 7) is 0. The van der Waals surface area contributed by atoms with Crippen molar-refractivity contribution in [3.63, 3.8) is 0 Å². The second kappa shape index (κ2) is 8.47. The van der Waals surface area contributed by atoms with Gasteiger partial charge < -0.3 is 14.9 Å². The van der Waals surface area contributed by atoms with E-state index >= 15 is 0 Å². The predicted molar refractivity (Wildman–Crippen MR) is 126 cm³/mol. The van der Waals surface area contributed by atoms with Crippen molar-refractivity contribution in [2.24, 2.45) is 0 Å². The van der Waals surface area contributed by atoms with Gasteiger partial charge in [0.25, 0.3) is 0 Å². The molecule has 0 aliphatic rings. The fourth-order valence-electron chi connectivity index (χ4n) is 3.92. The number of oxazole rings is 1. The van der Waals surface area contributed by atoms with Crippen LogP contribution in [0.1, 0.15) is 5.56 Å². The molecule has 0 bridgehead atoms. The topological polar surface area (TPSA) is 61.3 Å². The van der Waals surface area contributed by atoms with Crippen LogP contribution in [0.25, 0.3) is 44.8 Å². The van der Waals surface area contributed by atoms with E-state index in [-0.39, 0.29) is 17.0 Å². The summed E-state index contributed by atoms with van der Waals surface area (Å²) < 4.78 is 65.2. The van der Waals surface area contributed by atoms with Gasteiger partial charge in [-0.2, -0.15) is 13.2 Å². The highest BCUT2D eigenvalue weighted by Crippen LogP contribution is 2.39. The maximum atomic E-state index is 14.9. The molecule has 0 spiro atoms. The van der Waals surface area contributed by atoms with Crippen LogP contribution in [0.4, 0.5) is 23.2 Å². The van der Waals surface area contributed by atoms with E-state index in [4.69, 9.17) is 14.9 Å². The number of nitrogen functional groups attached to an aromatic ring is 1. The summed E-state index contributed by atoms with van der Waals surface area (Å²) >= 11 is 0. The maximum Gasteiger partial charge on any atom is 0.416 e. The summed E-state index contributed by atoms with van der Waals surface area (Å²) in [5, 5.41) is 0. The quantitative estimate of drug-likeness (QED) is 0.214. The van der Waals surface area contributed by atoms with Gasteiger partial charge >= 0.3 is 6.18 Å². The van der Waals surface area contributed by atoms with Crippen molar-refractivity contribution >= 4 is 16.8 Å². The molecule has 35 heavy (non-hydrogen) atoms. The molecule has 4 aromatic carbocycles. The van der Waals surface area contributed by atoms with Crippen LogP contribution in [0.2, 0.25) is 0 Å². The highest BCUT2D eigenvalue weighted by Gasteiger charge is 2.31. The molecule has 8 heteroatoms. The second-order valence-corrected chi connectivity index (χ2v) is 7.94. The van der Waals surface area contributed by atoms with Crippen molar-refractivity contribution in [2.75, 3.05) is 12.8 Å². The van der Waals surface area contributed by atoms with Crippen LogP contribution in [0.15, 0.2) is 83.3 Å². The molecule has 1 aromatic heterocycles. The number of halogens is 4. The Kier molecular flexibility index (Phi) is 5.43. The van der Waals surface area contributed by atoms with Gasteiger partial charge in [-0.1, -0.05) is 24.3 Å². The summed E-state index contributed by atoms with van der Waals surface area (Å²) in [6.07, 6.45) is -4.48. The van der Waals surface area contributed by atoms with Gasteiger partial charge in [-0.3, -0.25) is 0 Å². The first kappa shape index (κ1) is 22.5. The summed E-state index contributed by atoms with van der Waals surface area (Å²) in [5.74, 6) is 0.0183. The minimum atomic E-state index is -4.48. The number of rotatable bonds is 4. The zero-order valence-corrected chi connectivity index (χ0v) is 18.4. The summed E-state index contributed by atoms with van der Waals surface area (Å²) in [6, 6.07) is 20.1. The third-order valence-corrected chi connectivity index (χ3v) is 5.62. The molecular weight excluding hydrogens is 460 g/mol. The fraction of sp³-hybridized carbons (Fsp3) is 0.0741. The van der Waals surface area contributed by atoms with Gasteiger partial charge in [0, 0.05) is 28.4 Å². The average Bonchev–Trinajstić information content (AvgIpc) is 3.27. The number of hydrogen-bond acceptors (Lipinski definition) is 4. The van der Waals surface area contributed by atoms with Crippen LogP contribution < -0.4 is 10.5 Å². The van der Waals surface area contributed by atoms with E-state index in [1.807, 2.05) is 6.07 Å². The number of alkyl halides is 3. The van der Waals surface area contributed by atoms with E-state index in [1.165, 1.54) is 19.2 Å². The number of hydrogen-bond donors (Lipinski definition) is 1. The molecule has 0 saturated carbocycles. The van der Waals surface area contributed by atoms with Crippen LogP contribution in [0.5, 0.6) is 5.75 Å². The van der Waals surface area contributed by atoms with Gasteiger partial charge in [-0.15, -0.1) is 0 Å². The molecule has 4 nitrogen and oxygen atoms in total. The summed E-state index contributed by atoms with van der Waals surface area (Å²) in [4.78, 5) is 4.25. The van der Waals surface area contributed by atoms with Gasteiger partial charge in [-0.25, -0.2) is 9.37 Å². The molecule has 2 N–H and O–H groups in total. The van der Waals surface area contributed by atoms with E-state index in [0.29, 0.717) is 39.3 Å². The zero-order valence-electron chi connectivity index (χ0n) is 18.4. The molecule has 176 valence electrons. The van der Waals surface area contributed by atoms with E-state index in [1.54, 1.807) is 48.5 Å². The van der Waals surface area contributed by atoms with Crippen molar-refractivity contribution in [3.05, 3.63) is 90.2 Å². The van der Waals surface area contributed by atoms with Crippen molar-refractivity contribution < 1.29 is 26.7 Å². The summed E-state index contributed by atoms with van der Waals surface area (Å²) in [7, 11) is 1.45. The number of benzene rings is 4. The number of nitrogens with zero attached hydrogens (tertiary/aromatic N) is 1. The number of fused-ring (bicyclic) bond motifs is 1. The SMILES string of the molecule is COc1cc(F)c(-c2cccc(N)c2)cc1-c1cccc(-c2nc3cc(C(F)(F)F)ccc3o2)c1. The molecule has 0 radical (unpaired) electrons. The van der Waals surface area contributed by atoms with Crippen LogP contribution in [-0.4, -0.2) is 12.1 Å². The zero-order chi connectivity index (χ0) is 24.7. The molecule has 0 aliphatic carbocycles. The third kappa shape index (κ3) is 4.30. The third-order valence-electron chi connectivity index (χ3n) is 5.62. The van der Waals surface area contributed by atoms with Crippen LogP contribution >= 0.6 is 0 Å². The first-order valence-electron chi connectivity index (χ1n) is 10.5. The van der Waals surface area contributed by atoms with Crippen LogP contribution in [0, 0.1) is 5.82 Å². The lowest BCUT2D eigenvalue weighted by molar-refractivity contribution is -0.137. The average molecular weight is 478 g/mol. The van der Waals surface area contributed by atoms with Gasteiger partial charge in [0.15, 0.2) is 5.58 Å². The smallest absolute Gasteiger partial charge is 0.416 e. The Bertz CT molecular complexity index is 1560. The molecule has 1 heterocycles. The highest BCUT2D eigenvalue weighted by molar-refractivity contribution is 5.82. The Morgan fingerprint density at radius 1 is 0.829 bits per heavy atom. The van der Waals surface area contributed by atoms with E-state index in [9.17, 15) is 17.6 Å². The minimum absolute atomic E-state index is 0.101. The molecule has 0 saturated heterocycles. The minimum Gasteiger partial charge on any atom is -0.496 e. The fourth-order valence-corrected chi connectivity index (χ4v) is 3.92. The van der Waals surface area contributed by atoms with Crippen LogP contribution in [0.3, 0.4) is 0 Å². The molecule has 0 amide bonds. The largest absolute Gasteiger partial charge is 0.496 e. The predicted octanol–water partition coefficient (Wildman–Crippen LogP) is 7.58. The molecule has 0 fully saturated rings. The molecular formula is C27H18F4N2O2. The van der Waals surface area contributed by atoms with Crippen molar-refractivity contribution in [1.82, 2.24) is 4.98 Å². The number of nitrogens with two attached hydrogens (primary N) is 1. The Morgan fingerprint density at radius 3 is 2.26 bits per heavy atom. The van der Waals surface area contributed by atoms with Crippen molar-refractivity contribution in [1.29, 1.82) is 0 Å². The highest BCUT2D eigenvalue weighted by atomic mass is 19.4. The Hall–Kier alpha value is -4.33. The number of ether oxygens (including phenoxy) is 1. The van der Waals surface area contributed by atoms with Gasteiger partial charge in [0.2, 0.25) is 5.89 Å². The molecule has 5 aromatic rings. The Morgan fingerprint density at radius 2 is 1.54 bits per heavy atom. The normalized spacial score (nSPS) is 11.7. The second-order valence-electron chi connectivity index (χ2n) is 7.94. The lowest BCUT2D eigenvalue weighted by Gasteiger charge is -2.13. The van der Waals surface area contributed by atoms with Crippen LogP contribution in [-0.2, 0) is 6.18 Å². The Balaban J connectivity index is 1.60.